The monoisotopic (exact) mass is 267 g/mol. The molecule has 0 saturated carbocycles. The maximum absolute atomic E-state index is 11.3. The molecule has 1 atom stereocenters. The van der Waals surface area contributed by atoms with E-state index in [0.717, 1.165) is 23.4 Å². The predicted octanol–water partition coefficient (Wildman–Crippen LogP) is 3.14. The van der Waals surface area contributed by atoms with E-state index in [-0.39, 0.29) is 11.9 Å². The standard InChI is InChI=1S/C16H17N3O/c1-11(13-3-2-8-17-10-13)18-14-5-6-15-12(9-14)4-7-16(20)19-15/h2-3,5-6,8-11,18H,4,7H2,1H3,(H,19,20). The van der Waals surface area contributed by atoms with Crippen LogP contribution in [0, 0.1) is 0 Å². The summed E-state index contributed by atoms with van der Waals surface area (Å²) < 4.78 is 0. The Balaban J connectivity index is 1.77. The molecule has 0 saturated heterocycles. The van der Waals surface area contributed by atoms with E-state index in [1.54, 1.807) is 6.20 Å². The van der Waals surface area contributed by atoms with Crippen molar-refractivity contribution in [3.05, 3.63) is 53.9 Å². The number of benzene rings is 1. The average molecular weight is 267 g/mol. The Bertz CT molecular complexity index is 625. The zero-order valence-electron chi connectivity index (χ0n) is 11.4. The first-order valence-corrected chi connectivity index (χ1v) is 6.81. The van der Waals surface area contributed by atoms with E-state index in [2.05, 4.69) is 34.7 Å². The molecule has 102 valence electrons. The molecule has 2 N–H and O–H groups in total. The van der Waals surface area contributed by atoms with Crippen molar-refractivity contribution < 1.29 is 4.79 Å². The Labute approximate surface area is 118 Å². The van der Waals surface area contributed by atoms with Crippen LogP contribution in [0.1, 0.15) is 30.5 Å². The minimum absolute atomic E-state index is 0.0990. The smallest absolute Gasteiger partial charge is 0.224 e. The van der Waals surface area contributed by atoms with Gasteiger partial charge in [0.25, 0.3) is 0 Å². The topological polar surface area (TPSA) is 54.0 Å². The van der Waals surface area contributed by atoms with Gasteiger partial charge in [0.15, 0.2) is 0 Å². The number of rotatable bonds is 3. The summed E-state index contributed by atoms with van der Waals surface area (Å²) in [6.45, 7) is 2.11. The van der Waals surface area contributed by atoms with Gasteiger partial charge in [0.1, 0.15) is 0 Å². The average Bonchev–Trinajstić information content (AvgIpc) is 2.48. The molecule has 2 heterocycles. The second-order valence-corrected chi connectivity index (χ2v) is 5.07. The highest BCUT2D eigenvalue weighted by Gasteiger charge is 2.15. The summed E-state index contributed by atoms with van der Waals surface area (Å²) in [6, 6.07) is 10.3. The van der Waals surface area contributed by atoms with Crippen LogP contribution in [0.2, 0.25) is 0 Å². The Morgan fingerprint density at radius 3 is 3.00 bits per heavy atom. The zero-order valence-corrected chi connectivity index (χ0v) is 11.4. The third-order valence-corrected chi connectivity index (χ3v) is 3.57. The van der Waals surface area contributed by atoms with Gasteiger partial charge in [-0.3, -0.25) is 9.78 Å². The van der Waals surface area contributed by atoms with E-state index in [4.69, 9.17) is 0 Å². The zero-order chi connectivity index (χ0) is 13.9. The summed E-state index contributed by atoms with van der Waals surface area (Å²) in [4.78, 5) is 15.5. The summed E-state index contributed by atoms with van der Waals surface area (Å²) in [5.41, 5.74) is 4.34. The van der Waals surface area contributed by atoms with Crippen molar-refractivity contribution in [2.45, 2.75) is 25.8 Å². The van der Waals surface area contributed by atoms with Gasteiger partial charge in [0, 0.05) is 30.2 Å². The minimum Gasteiger partial charge on any atom is -0.378 e. The van der Waals surface area contributed by atoms with Gasteiger partial charge in [-0.25, -0.2) is 0 Å². The van der Waals surface area contributed by atoms with Gasteiger partial charge in [-0.15, -0.1) is 0 Å². The van der Waals surface area contributed by atoms with E-state index < -0.39 is 0 Å². The lowest BCUT2D eigenvalue weighted by Crippen LogP contribution is -2.19. The number of nitrogens with zero attached hydrogens (tertiary/aromatic N) is 1. The summed E-state index contributed by atoms with van der Waals surface area (Å²) >= 11 is 0. The number of nitrogens with one attached hydrogen (secondary N) is 2. The largest absolute Gasteiger partial charge is 0.378 e. The van der Waals surface area contributed by atoms with Crippen molar-refractivity contribution in [2.75, 3.05) is 10.6 Å². The molecule has 1 amide bonds. The summed E-state index contributed by atoms with van der Waals surface area (Å²) in [5, 5.41) is 6.36. The summed E-state index contributed by atoms with van der Waals surface area (Å²) in [6.07, 6.45) is 5.01. The van der Waals surface area contributed by atoms with Crippen molar-refractivity contribution >= 4 is 17.3 Å². The Hall–Kier alpha value is -2.36. The molecule has 1 aliphatic rings. The van der Waals surface area contributed by atoms with Crippen LogP contribution < -0.4 is 10.6 Å². The molecular weight excluding hydrogens is 250 g/mol. The van der Waals surface area contributed by atoms with Gasteiger partial charge < -0.3 is 10.6 Å². The summed E-state index contributed by atoms with van der Waals surface area (Å²) in [7, 11) is 0. The van der Waals surface area contributed by atoms with Gasteiger partial charge in [0.05, 0.1) is 6.04 Å². The first-order valence-electron chi connectivity index (χ1n) is 6.81. The third-order valence-electron chi connectivity index (χ3n) is 3.57. The van der Waals surface area contributed by atoms with E-state index in [9.17, 15) is 4.79 Å². The van der Waals surface area contributed by atoms with Gasteiger partial charge >= 0.3 is 0 Å². The number of aromatic nitrogens is 1. The molecule has 0 spiro atoms. The number of hydrogen-bond acceptors (Lipinski definition) is 3. The molecule has 4 heteroatoms. The lowest BCUT2D eigenvalue weighted by atomic mass is 10.0. The highest BCUT2D eigenvalue weighted by molar-refractivity contribution is 5.94. The second kappa shape index (κ2) is 5.33. The lowest BCUT2D eigenvalue weighted by molar-refractivity contribution is -0.116. The number of pyridine rings is 1. The highest BCUT2D eigenvalue weighted by Crippen LogP contribution is 2.27. The van der Waals surface area contributed by atoms with Crippen LogP contribution in [-0.4, -0.2) is 10.9 Å². The molecule has 3 rings (SSSR count). The maximum atomic E-state index is 11.3. The van der Waals surface area contributed by atoms with Gasteiger partial charge in [-0.1, -0.05) is 6.07 Å². The van der Waals surface area contributed by atoms with Crippen molar-refractivity contribution in [3.63, 3.8) is 0 Å². The molecule has 1 aromatic heterocycles. The first-order chi connectivity index (χ1) is 9.72. The van der Waals surface area contributed by atoms with E-state index in [1.165, 1.54) is 5.56 Å². The van der Waals surface area contributed by atoms with Crippen molar-refractivity contribution in [3.8, 4) is 0 Å². The van der Waals surface area contributed by atoms with Crippen LogP contribution in [-0.2, 0) is 11.2 Å². The number of aryl methyl sites for hydroxylation is 1. The fraction of sp³-hybridized carbons (Fsp3) is 0.250. The van der Waals surface area contributed by atoms with Crippen LogP contribution in [0.15, 0.2) is 42.7 Å². The quantitative estimate of drug-likeness (QED) is 0.898. The fourth-order valence-corrected chi connectivity index (χ4v) is 2.44. The highest BCUT2D eigenvalue weighted by atomic mass is 16.1. The SMILES string of the molecule is CC(Nc1ccc2c(c1)CCC(=O)N2)c1cccnc1. The lowest BCUT2D eigenvalue weighted by Gasteiger charge is -2.20. The Morgan fingerprint density at radius 2 is 2.20 bits per heavy atom. The number of hydrogen-bond donors (Lipinski definition) is 2. The number of fused-ring (bicyclic) bond motifs is 1. The minimum atomic E-state index is 0.0990. The molecule has 1 aromatic carbocycles. The third kappa shape index (κ3) is 2.64. The van der Waals surface area contributed by atoms with Crippen LogP contribution in [0.5, 0.6) is 0 Å². The number of carbonyl (C=O) groups excluding carboxylic acids is 1. The molecule has 20 heavy (non-hydrogen) atoms. The predicted molar refractivity (Wildman–Crippen MR) is 79.7 cm³/mol. The molecule has 1 unspecified atom stereocenters. The molecule has 0 fully saturated rings. The van der Waals surface area contributed by atoms with Crippen molar-refractivity contribution in [1.82, 2.24) is 4.98 Å². The molecule has 4 nitrogen and oxygen atoms in total. The molecule has 2 aromatic rings. The van der Waals surface area contributed by atoms with Gasteiger partial charge in [-0.05, 0) is 48.7 Å². The normalized spacial score (nSPS) is 15.2. The molecule has 0 aliphatic carbocycles. The van der Waals surface area contributed by atoms with Crippen molar-refractivity contribution in [2.24, 2.45) is 0 Å². The van der Waals surface area contributed by atoms with Gasteiger partial charge in [0.2, 0.25) is 5.91 Å². The number of amides is 1. The Kier molecular flexibility index (Phi) is 3.37. The van der Waals surface area contributed by atoms with E-state index in [0.29, 0.717) is 6.42 Å². The number of carbonyl (C=O) groups is 1. The molecular formula is C16H17N3O. The first kappa shape index (κ1) is 12.7. The number of anilines is 2. The van der Waals surface area contributed by atoms with Crippen molar-refractivity contribution in [1.29, 1.82) is 0 Å². The maximum Gasteiger partial charge on any atom is 0.224 e. The van der Waals surface area contributed by atoms with Crippen LogP contribution in [0.4, 0.5) is 11.4 Å². The molecule has 0 bridgehead atoms. The van der Waals surface area contributed by atoms with Crippen LogP contribution >= 0.6 is 0 Å². The second-order valence-electron chi connectivity index (χ2n) is 5.07. The molecule has 0 radical (unpaired) electrons. The van der Waals surface area contributed by atoms with Crippen LogP contribution in [0.3, 0.4) is 0 Å². The fourth-order valence-electron chi connectivity index (χ4n) is 2.44. The van der Waals surface area contributed by atoms with E-state index in [1.807, 2.05) is 24.4 Å². The molecule has 1 aliphatic heterocycles. The van der Waals surface area contributed by atoms with Crippen LogP contribution in [0.25, 0.3) is 0 Å². The Morgan fingerprint density at radius 1 is 1.30 bits per heavy atom. The van der Waals surface area contributed by atoms with Gasteiger partial charge in [-0.2, -0.15) is 0 Å². The van der Waals surface area contributed by atoms with E-state index >= 15 is 0 Å². The summed E-state index contributed by atoms with van der Waals surface area (Å²) in [5.74, 6) is 0.0990.